The van der Waals surface area contributed by atoms with Crippen LogP contribution < -0.4 is 0 Å². The highest BCUT2D eigenvalue weighted by atomic mass is 35.5. The molecule has 0 spiro atoms. The van der Waals surface area contributed by atoms with Crippen LogP contribution in [0.1, 0.15) is 0 Å². The van der Waals surface area contributed by atoms with Crippen molar-refractivity contribution in [1.82, 2.24) is 0 Å². The number of rotatable bonds is 2. The molecule has 1 aliphatic rings. The molecule has 9 heteroatoms. The molecular formula is C7H4Cl2F3NO3. The Morgan fingerprint density at radius 2 is 2.06 bits per heavy atom. The van der Waals surface area contributed by atoms with Crippen molar-refractivity contribution in [1.29, 1.82) is 0 Å². The van der Waals surface area contributed by atoms with Crippen LogP contribution in [0.5, 0.6) is 0 Å². The van der Waals surface area contributed by atoms with Crippen LogP contribution >= 0.6 is 23.2 Å². The number of hydrogen-bond donors (Lipinski definition) is 0. The second-order valence-corrected chi connectivity index (χ2v) is 3.58. The maximum Gasteiger partial charge on any atom is 0.326 e. The Balaban J connectivity index is 3.50. The summed E-state index contributed by atoms with van der Waals surface area (Å²) in [7, 11) is 0.646. The Bertz CT molecular complexity index is 412. The van der Waals surface area contributed by atoms with Crippen molar-refractivity contribution in [2.75, 3.05) is 7.11 Å². The van der Waals surface area contributed by atoms with Gasteiger partial charge in [-0.25, -0.2) is 8.78 Å². The number of nitro groups is 1. The van der Waals surface area contributed by atoms with Gasteiger partial charge < -0.3 is 4.74 Å². The summed E-state index contributed by atoms with van der Waals surface area (Å²) in [6.45, 7) is 0. The van der Waals surface area contributed by atoms with Gasteiger partial charge >= 0.3 is 11.6 Å². The maximum atomic E-state index is 13.6. The van der Waals surface area contributed by atoms with Gasteiger partial charge in [-0.15, -0.1) is 0 Å². The normalized spacial score (nSPS) is 31.0. The third-order valence-corrected chi connectivity index (χ3v) is 2.81. The number of ether oxygens (including phenoxy) is 1. The lowest BCUT2D eigenvalue weighted by Crippen LogP contribution is -2.42. The molecule has 0 fully saturated rings. The number of halogens is 5. The zero-order chi connectivity index (χ0) is 12.7. The highest BCUT2D eigenvalue weighted by Gasteiger charge is 2.56. The zero-order valence-corrected chi connectivity index (χ0v) is 9.15. The molecule has 0 saturated heterocycles. The number of alkyl halides is 2. The fourth-order valence-electron chi connectivity index (χ4n) is 1.11. The fourth-order valence-corrected chi connectivity index (χ4v) is 1.59. The summed E-state index contributed by atoms with van der Waals surface area (Å²) < 4.78 is 44.2. The molecule has 2 unspecified atom stereocenters. The average Bonchev–Trinajstić information content (AvgIpc) is 2.23. The van der Waals surface area contributed by atoms with Gasteiger partial charge in [0.25, 0.3) is 0 Å². The van der Waals surface area contributed by atoms with Crippen molar-refractivity contribution in [3.8, 4) is 0 Å². The van der Waals surface area contributed by atoms with E-state index in [2.05, 4.69) is 4.74 Å². The van der Waals surface area contributed by atoms with Gasteiger partial charge in [0.05, 0.1) is 9.96 Å². The summed E-state index contributed by atoms with van der Waals surface area (Å²) in [5.41, 5.74) is -1.44. The largest absolute Gasteiger partial charge is 0.341 e. The van der Waals surface area contributed by atoms with Gasteiger partial charge in [-0.05, 0) is 0 Å². The molecule has 0 N–H and O–H groups in total. The summed E-state index contributed by atoms with van der Waals surface area (Å²) in [5.74, 6) is -5.68. The molecule has 1 rings (SSSR count). The van der Waals surface area contributed by atoms with Crippen LogP contribution in [-0.4, -0.2) is 24.1 Å². The van der Waals surface area contributed by atoms with Gasteiger partial charge in [0, 0.05) is 7.11 Å². The van der Waals surface area contributed by atoms with Gasteiger partial charge in [0.2, 0.25) is 12.0 Å². The SMILES string of the molecule is COC1(F)C(F)=C([N+](=O)[O-])C(Cl)=C(Cl)C1F. The minimum atomic E-state index is -3.63. The van der Waals surface area contributed by atoms with Crippen LogP contribution in [-0.2, 0) is 4.74 Å². The van der Waals surface area contributed by atoms with Crippen LogP contribution in [0.3, 0.4) is 0 Å². The third-order valence-electron chi connectivity index (χ3n) is 1.95. The van der Waals surface area contributed by atoms with E-state index in [0.717, 1.165) is 0 Å². The summed E-state index contributed by atoms with van der Waals surface area (Å²) in [6, 6.07) is 0. The van der Waals surface area contributed by atoms with Crippen LogP contribution in [0.15, 0.2) is 21.6 Å². The highest BCUT2D eigenvalue weighted by Crippen LogP contribution is 2.45. The number of hydrogen-bond acceptors (Lipinski definition) is 3. The molecule has 90 valence electrons. The summed E-state index contributed by atoms with van der Waals surface area (Å²) >= 11 is 10.5. The average molecular weight is 278 g/mol. The van der Waals surface area contributed by atoms with Gasteiger partial charge in [-0.1, -0.05) is 23.2 Å². The highest BCUT2D eigenvalue weighted by molar-refractivity contribution is 6.41. The first kappa shape index (κ1) is 13.3. The summed E-state index contributed by atoms with van der Waals surface area (Å²) in [5, 5.41) is 8.42. The summed E-state index contributed by atoms with van der Waals surface area (Å²) in [4.78, 5) is 9.11. The molecule has 0 aromatic rings. The molecule has 0 radical (unpaired) electrons. The van der Waals surface area contributed by atoms with Crippen molar-refractivity contribution in [2.24, 2.45) is 0 Å². The first-order valence-corrected chi connectivity index (χ1v) is 4.51. The molecule has 0 saturated carbocycles. The predicted molar refractivity (Wildman–Crippen MR) is 49.6 cm³/mol. The van der Waals surface area contributed by atoms with Crippen LogP contribution in [0.4, 0.5) is 13.2 Å². The van der Waals surface area contributed by atoms with Crippen molar-refractivity contribution < 1.29 is 22.8 Å². The lowest BCUT2D eigenvalue weighted by atomic mass is 10.0. The predicted octanol–water partition coefficient (Wildman–Crippen LogP) is 2.80. The molecule has 0 aromatic heterocycles. The van der Waals surface area contributed by atoms with E-state index < -0.39 is 38.5 Å². The molecule has 0 aromatic carbocycles. The molecule has 1 aliphatic carbocycles. The second kappa shape index (κ2) is 4.23. The molecule has 0 aliphatic heterocycles. The Kier molecular flexibility index (Phi) is 3.51. The van der Waals surface area contributed by atoms with Crippen LogP contribution in [0.25, 0.3) is 0 Å². The first-order chi connectivity index (χ1) is 7.27. The first-order valence-electron chi connectivity index (χ1n) is 3.75. The standard InChI is InChI=1S/C7H4Cl2F3NO3/c1-16-7(12)5(10)3(9)2(8)4(6(7)11)13(14)15/h5H,1H3. The van der Waals surface area contributed by atoms with Gasteiger partial charge in [-0.2, -0.15) is 4.39 Å². The van der Waals surface area contributed by atoms with E-state index in [1.54, 1.807) is 0 Å². The zero-order valence-electron chi connectivity index (χ0n) is 7.64. The Hall–Kier alpha value is -0.790. The minimum Gasteiger partial charge on any atom is -0.341 e. The van der Waals surface area contributed by atoms with Crippen molar-refractivity contribution in [3.63, 3.8) is 0 Å². The number of methoxy groups -OCH3 is 1. The van der Waals surface area contributed by atoms with E-state index in [-0.39, 0.29) is 0 Å². The summed E-state index contributed by atoms with van der Waals surface area (Å²) in [6.07, 6.45) is -2.75. The van der Waals surface area contributed by atoms with E-state index in [1.807, 2.05) is 0 Å². The topological polar surface area (TPSA) is 52.4 Å². The minimum absolute atomic E-state index is 0.646. The van der Waals surface area contributed by atoms with Crippen LogP contribution in [0.2, 0.25) is 0 Å². The fraction of sp³-hybridized carbons (Fsp3) is 0.429. The van der Waals surface area contributed by atoms with Gasteiger partial charge in [0.15, 0.2) is 0 Å². The second-order valence-electron chi connectivity index (χ2n) is 2.79. The molecule has 2 atom stereocenters. The maximum absolute atomic E-state index is 13.6. The molecule has 4 nitrogen and oxygen atoms in total. The quantitative estimate of drug-likeness (QED) is 0.576. The van der Waals surface area contributed by atoms with Crippen molar-refractivity contribution in [3.05, 3.63) is 31.7 Å². The van der Waals surface area contributed by atoms with Crippen molar-refractivity contribution >= 4 is 23.2 Å². The lowest BCUT2D eigenvalue weighted by molar-refractivity contribution is -0.425. The molecule has 0 heterocycles. The number of allylic oxidation sites excluding steroid dienone is 1. The van der Waals surface area contributed by atoms with Gasteiger partial charge in [0.1, 0.15) is 5.03 Å². The van der Waals surface area contributed by atoms with Crippen molar-refractivity contribution in [2.45, 2.75) is 12.0 Å². The van der Waals surface area contributed by atoms with E-state index >= 15 is 0 Å². The van der Waals surface area contributed by atoms with Gasteiger partial charge in [-0.3, -0.25) is 10.1 Å². The number of nitrogens with zero attached hydrogens (tertiary/aromatic N) is 1. The molecule has 16 heavy (non-hydrogen) atoms. The van der Waals surface area contributed by atoms with E-state index in [9.17, 15) is 23.3 Å². The Labute approximate surface area is 97.4 Å². The third kappa shape index (κ3) is 1.68. The van der Waals surface area contributed by atoms with E-state index in [1.165, 1.54) is 0 Å². The molecule has 0 amide bonds. The lowest BCUT2D eigenvalue weighted by Gasteiger charge is -2.28. The van der Waals surface area contributed by atoms with E-state index in [0.29, 0.717) is 7.11 Å². The Morgan fingerprint density at radius 3 is 2.44 bits per heavy atom. The smallest absolute Gasteiger partial charge is 0.326 e. The molecular weight excluding hydrogens is 274 g/mol. The van der Waals surface area contributed by atoms with Crippen LogP contribution in [0, 0.1) is 10.1 Å². The monoisotopic (exact) mass is 277 g/mol. The Morgan fingerprint density at radius 1 is 1.56 bits per heavy atom. The van der Waals surface area contributed by atoms with E-state index in [4.69, 9.17) is 23.2 Å². The molecule has 0 bridgehead atoms.